The number of aromatic nitrogens is 2. The third kappa shape index (κ3) is 1.57. The van der Waals surface area contributed by atoms with Gasteiger partial charge in [-0.25, -0.2) is 0 Å². The zero-order valence-electron chi connectivity index (χ0n) is 4.11. The van der Waals surface area contributed by atoms with Crippen molar-refractivity contribution >= 4 is 11.6 Å². The van der Waals surface area contributed by atoms with Gasteiger partial charge in [0.05, 0.1) is 0 Å². The van der Waals surface area contributed by atoms with Crippen LogP contribution in [0.4, 0.5) is 8.78 Å². The van der Waals surface area contributed by atoms with E-state index in [0.29, 0.717) is 6.07 Å². The predicted octanol–water partition coefficient (Wildman–Crippen LogP) is 1.41. The van der Waals surface area contributed by atoms with Crippen LogP contribution in [0.25, 0.3) is 0 Å². The summed E-state index contributed by atoms with van der Waals surface area (Å²) >= 11 is 5.05. The SMILES string of the molecule is Fc1cc(F)nc(Cl)n1. The van der Waals surface area contributed by atoms with Gasteiger partial charge in [-0.2, -0.15) is 18.7 Å². The largest absolute Gasteiger partial charge is 0.227 e. The number of halogens is 3. The first-order chi connectivity index (χ1) is 4.18. The standard InChI is InChI=1S/C4HClF2N2/c5-4-8-2(6)1-3(7)9-4/h1H. The van der Waals surface area contributed by atoms with E-state index in [1.54, 1.807) is 0 Å². The molecular formula is C4HClF2N2. The molecule has 0 amide bonds. The molecular weight excluding hydrogens is 150 g/mol. The lowest BCUT2D eigenvalue weighted by Crippen LogP contribution is -1.90. The van der Waals surface area contributed by atoms with Gasteiger partial charge in [0.1, 0.15) is 0 Å². The Morgan fingerprint density at radius 1 is 1.22 bits per heavy atom. The zero-order valence-corrected chi connectivity index (χ0v) is 4.86. The second-order valence-electron chi connectivity index (χ2n) is 1.28. The monoisotopic (exact) mass is 150 g/mol. The third-order valence-corrected chi connectivity index (χ3v) is 0.805. The molecule has 0 N–H and O–H groups in total. The summed E-state index contributed by atoms with van der Waals surface area (Å²) in [5, 5.41) is -0.424. The van der Waals surface area contributed by atoms with Gasteiger partial charge < -0.3 is 0 Å². The van der Waals surface area contributed by atoms with Crippen molar-refractivity contribution in [2.24, 2.45) is 0 Å². The highest BCUT2D eigenvalue weighted by Gasteiger charge is 1.98. The van der Waals surface area contributed by atoms with Crippen molar-refractivity contribution in [1.29, 1.82) is 0 Å². The van der Waals surface area contributed by atoms with Crippen LogP contribution in [-0.2, 0) is 0 Å². The van der Waals surface area contributed by atoms with E-state index in [0.717, 1.165) is 0 Å². The van der Waals surface area contributed by atoms with Crippen molar-refractivity contribution in [2.75, 3.05) is 0 Å². The van der Waals surface area contributed by atoms with E-state index >= 15 is 0 Å². The van der Waals surface area contributed by atoms with Crippen LogP contribution in [0.15, 0.2) is 6.07 Å². The molecule has 0 aromatic carbocycles. The van der Waals surface area contributed by atoms with Crippen LogP contribution in [0.5, 0.6) is 0 Å². The predicted molar refractivity (Wildman–Crippen MR) is 27.0 cm³/mol. The van der Waals surface area contributed by atoms with Crippen LogP contribution >= 0.6 is 11.6 Å². The first-order valence-electron chi connectivity index (χ1n) is 2.04. The van der Waals surface area contributed by atoms with E-state index in [-0.39, 0.29) is 0 Å². The van der Waals surface area contributed by atoms with Crippen LogP contribution in [0.1, 0.15) is 0 Å². The fraction of sp³-hybridized carbons (Fsp3) is 0. The van der Waals surface area contributed by atoms with Gasteiger partial charge in [-0.1, -0.05) is 0 Å². The van der Waals surface area contributed by atoms with Gasteiger partial charge >= 0.3 is 0 Å². The molecule has 1 heterocycles. The van der Waals surface area contributed by atoms with Crippen LogP contribution in [0.2, 0.25) is 5.28 Å². The average Bonchev–Trinajstić information content (AvgIpc) is 1.59. The van der Waals surface area contributed by atoms with Gasteiger partial charge in [0.15, 0.2) is 0 Å². The van der Waals surface area contributed by atoms with E-state index < -0.39 is 17.2 Å². The Labute approximate surface area is 54.5 Å². The fourth-order valence-corrected chi connectivity index (χ4v) is 0.526. The lowest BCUT2D eigenvalue weighted by molar-refractivity contribution is 0.525. The summed E-state index contributed by atoms with van der Waals surface area (Å²) in [5.74, 6) is -1.93. The van der Waals surface area contributed by atoms with Crippen molar-refractivity contribution < 1.29 is 8.78 Å². The van der Waals surface area contributed by atoms with Crippen LogP contribution in [-0.4, -0.2) is 9.97 Å². The highest BCUT2D eigenvalue weighted by molar-refractivity contribution is 6.28. The normalized spacial score (nSPS) is 9.67. The maximum atomic E-state index is 12.0. The third-order valence-electron chi connectivity index (χ3n) is 0.636. The zero-order chi connectivity index (χ0) is 6.85. The maximum Gasteiger partial charge on any atom is 0.227 e. The summed E-state index contributed by atoms with van der Waals surface area (Å²) in [6.07, 6.45) is 0. The van der Waals surface area contributed by atoms with Crippen molar-refractivity contribution in [3.05, 3.63) is 23.2 Å². The molecule has 48 valence electrons. The maximum absolute atomic E-state index is 12.0. The minimum atomic E-state index is -0.965. The number of rotatable bonds is 0. The highest BCUT2D eigenvalue weighted by atomic mass is 35.5. The molecule has 0 bridgehead atoms. The van der Waals surface area contributed by atoms with E-state index in [1.165, 1.54) is 0 Å². The molecule has 0 radical (unpaired) electrons. The Morgan fingerprint density at radius 2 is 1.67 bits per heavy atom. The molecule has 0 fully saturated rings. The van der Waals surface area contributed by atoms with Gasteiger partial charge in [-0.3, -0.25) is 0 Å². The number of hydrogen-bond acceptors (Lipinski definition) is 2. The molecule has 9 heavy (non-hydrogen) atoms. The number of nitrogens with zero attached hydrogens (tertiary/aromatic N) is 2. The molecule has 0 saturated heterocycles. The molecule has 1 aromatic heterocycles. The summed E-state index contributed by atoms with van der Waals surface area (Å²) in [6.45, 7) is 0. The van der Waals surface area contributed by atoms with Gasteiger partial charge in [0.2, 0.25) is 17.2 Å². The lowest BCUT2D eigenvalue weighted by Gasteiger charge is -1.87. The van der Waals surface area contributed by atoms with Crippen LogP contribution in [0.3, 0.4) is 0 Å². The van der Waals surface area contributed by atoms with Gasteiger partial charge in [0, 0.05) is 6.07 Å². The molecule has 0 aliphatic rings. The van der Waals surface area contributed by atoms with Gasteiger partial charge in [-0.05, 0) is 11.6 Å². The summed E-state index contributed by atoms with van der Waals surface area (Å²) in [4.78, 5) is 5.96. The Balaban J connectivity index is 3.17. The lowest BCUT2D eigenvalue weighted by atomic mass is 10.6. The first-order valence-corrected chi connectivity index (χ1v) is 2.42. The molecule has 0 atom stereocenters. The van der Waals surface area contributed by atoms with Crippen molar-refractivity contribution in [3.63, 3.8) is 0 Å². The number of hydrogen-bond donors (Lipinski definition) is 0. The van der Waals surface area contributed by atoms with Crippen molar-refractivity contribution in [1.82, 2.24) is 9.97 Å². The fourth-order valence-electron chi connectivity index (χ4n) is 0.364. The first kappa shape index (κ1) is 6.35. The van der Waals surface area contributed by atoms with E-state index in [4.69, 9.17) is 11.6 Å². The summed E-state index contributed by atoms with van der Waals surface area (Å²) < 4.78 is 23.9. The molecule has 1 rings (SSSR count). The molecule has 2 nitrogen and oxygen atoms in total. The highest BCUT2D eigenvalue weighted by Crippen LogP contribution is 2.02. The smallest absolute Gasteiger partial charge is 0.189 e. The van der Waals surface area contributed by atoms with E-state index in [9.17, 15) is 8.78 Å². The minimum Gasteiger partial charge on any atom is -0.189 e. The second kappa shape index (κ2) is 2.23. The van der Waals surface area contributed by atoms with Crippen molar-refractivity contribution in [2.45, 2.75) is 0 Å². The van der Waals surface area contributed by atoms with E-state index in [1.807, 2.05) is 0 Å². The molecule has 0 unspecified atom stereocenters. The average molecular weight is 151 g/mol. The summed E-state index contributed by atoms with van der Waals surface area (Å²) in [5.41, 5.74) is 0. The molecule has 1 aromatic rings. The summed E-state index contributed by atoms with van der Waals surface area (Å²) in [7, 11) is 0. The van der Waals surface area contributed by atoms with Crippen molar-refractivity contribution in [3.8, 4) is 0 Å². The van der Waals surface area contributed by atoms with Crippen LogP contribution < -0.4 is 0 Å². The Bertz CT molecular complexity index is 177. The second-order valence-corrected chi connectivity index (χ2v) is 1.62. The Hall–Kier alpha value is -0.770. The molecule has 0 saturated carbocycles. The summed E-state index contributed by atoms with van der Waals surface area (Å²) in [6, 6.07) is 0.547. The van der Waals surface area contributed by atoms with Crippen LogP contribution in [0, 0.1) is 11.9 Å². The van der Waals surface area contributed by atoms with E-state index in [2.05, 4.69) is 9.97 Å². The molecule has 0 aliphatic heterocycles. The van der Waals surface area contributed by atoms with Gasteiger partial charge in [-0.15, -0.1) is 0 Å². The van der Waals surface area contributed by atoms with Gasteiger partial charge in [0.25, 0.3) is 0 Å². The Kier molecular flexibility index (Phi) is 1.57. The molecule has 0 spiro atoms. The molecule has 5 heteroatoms. The topological polar surface area (TPSA) is 25.8 Å². The quantitative estimate of drug-likeness (QED) is 0.413. The minimum absolute atomic E-state index is 0.424. The molecule has 0 aliphatic carbocycles. The Morgan fingerprint density at radius 3 is 2.00 bits per heavy atom.